The van der Waals surface area contributed by atoms with Crippen molar-refractivity contribution in [2.45, 2.75) is 20.8 Å². The lowest BCUT2D eigenvalue weighted by Gasteiger charge is -2.11. The molecule has 0 fully saturated rings. The van der Waals surface area contributed by atoms with E-state index in [1.165, 1.54) is 44.2 Å². The minimum Gasteiger partial charge on any atom is -0.323 e. The molecule has 3 aromatic heterocycles. The first-order valence-electron chi connectivity index (χ1n) is 8.02. The smallest absolute Gasteiger partial charge is 0.213 e. The van der Waals surface area contributed by atoms with Gasteiger partial charge < -0.3 is 4.40 Å². The van der Waals surface area contributed by atoms with Crippen LogP contribution < -0.4 is 4.57 Å². The third-order valence-electron chi connectivity index (χ3n) is 4.87. The number of hydrogen-bond acceptors (Lipinski definition) is 0. The Morgan fingerprint density at radius 2 is 1.74 bits per heavy atom. The van der Waals surface area contributed by atoms with Crippen molar-refractivity contribution in [1.82, 2.24) is 4.40 Å². The van der Waals surface area contributed by atoms with Crippen molar-refractivity contribution in [2.24, 2.45) is 7.05 Å². The Morgan fingerprint density at radius 3 is 2.57 bits per heavy atom. The second-order valence-corrected chi connectivity index (χ2v) is 6.51. The lowest BCUT2D eigenvalue weighted by molar-refractivity contribution is -0.660. The van der Waals surface area contributed by atoms with Crippen LogP contribution in [0.2, 0.25) is 0 Å². The number of pyridine rings is 2. The van der Waals surface area contributed by atoms with Gasteiger partial charge in [-0.15, -0.1) is 0 Å². The quantitative estimate of drug-likeness (QED) is 0.457. The SMILES string of the molecule is Cc1cc(-c2c(C)ccc3cn4cccc4cc23)[n+](C)cc1C. The van der Waals surface area contributed by atoms with Crippen molar-refractivity contribution < 1.29 is 4.57 Å². The Kier molecular flexibility index (Phi) is 3.02. The molecule has 0 unspecified atom stereocenters. The fourth-order valence-electron chi connectivity index (χ4n) is 3.43. The molecule has 0 atom stereocenters. The molecule has 1 aromatic carbocycles. The van der Waals surface area contributed by atoms with Gasteiger partial charge in [0.05, 0.1) is 5.56 Å². The Bertz CT molecular complexity index is 1050. The fourth-order valence-corrected chi connectivity index (χ4v) is 3.43. The van der Waals surface area contributed by atoms with E-state index in [9.17, 15) is 0 Å². The van der Waals surface area contributed by atoms with Gasteiger partial charge in [0.25, 0.3) is 0 Å². The molecule has 2 heteroatoms. The molecule has 0 amide bonds. The molecule has 0 saturated heterocycles. The Labute approximate surface area is 136 Å². The van der Waals surface area contributed by atoms with Crippen LogP contribution in [0.3, 0.4) is 0 Å². The van der Waals surface area contributed by atoms with Gasteiger partial charge in [-0.25, -0.2) is 4.57 Å². The lowest BCUT2D eigenvalue weighted by Crippen LogP contribution is -2.31. The number of benzene rings is 1. The van der Waals surface area contributed by atoms with E-state index in [4.69, 9.17) is 0 Å². The van der Waals surface area contributed by atoms with Gasteiger partial charge in [0.1, 0.15) is 7.05 Å². The molecule has 4 rings (SSSR count). The normalized spacial score (nSPS) is 11.5. The average molecular weight is 301 g/mol. The zero-order chi connectivity index (χ0) is 16.1. The van der Waals surface area contributed by atoms with Gasteiger partial charge >= 0.3 is 0 Å². The molecule has 0 bridgehead atoms. The van der Waals surface area contributed by atoms with Crippen molar-refractivity contribution in [1.29, 1.82) is 0 Å². The second kappa shape index (κ2) is 4.95. The second-order valence-electron chi connectivity index (χ2n) is 6.51. The number of hydrogen-bond donors (Lipinski definition) is 0. The first kappa shape index (κ1) is 14.0. The molecule has 0 aliphatic rings. The van der Waals surface area contributed by atoms with Crippen LogP contribution in [0.5, 0.6) is 0 Å². The molecular weight excluding hydrogens is 280 g/mol. The number of nitrogens with zero attached hydrogens (tertiary/aromatic N) is 2. The number of aryl methyl sites for hydroxylation is 4. The van der Waals surface area contributed by atoms with Gasteiger partial charge in [-0.3, -0.25) is 0 Å². The lowest BCUT2D eigenvalue weighted by atomic mass is 9.96. The molecule has 0 aliphatic carbocycles. The third kappa shape index (κ3) is 2.14. The van der Waals surface area contributed by atoms with E-state index in [1.54, 1.807) is 0 Å². The van der Waals surface area contributed by atoms with Gasteiger partial charge in [0.2, 0.25) is 5.69 Å². The van der Waals surface area contributed by atoms with Gasteiger partial charge in [-0.1, -0.05) is 12.1 Å². The molecule has 23 heavy (non-hydrogen) atoms. The summed E-state index contributed by atoms with van der Waals surface area (Å²) < 4.78 is 4.42. The monoisotopic (exact) mass is 301 g/mol. The standard InChI is InChI=1S/C21H21N2/c1-14-7-8-17-13-23-9-5-6-18(23)11-19(17)21(14)20-10-15(2)16(3)12-22(20)4/h5-13H,1-4H3/q+1. The van der Waals surface area contributed by atoms with Crippen LogP contribution in [0.15, 0.2) is 55.0 Å². The van der Waals surface area contributed by atoms with Gasteiger partial charge in [0, 0.05) is 29.5 Å². The molecule has 2 nitrogen and oxygen atoms in total. The van der Waals surface area contributed by atoms with Crippen LogP contribution in [0.4, 0.5) is 0 Å². The average Bonchev–Trinajstić information content (AvgIpc) is 2.97. The Hall–Kier alpha value is -2.61. The van der Waals surface area contributed by atoms with Crippen molar-refractivity contribution in [3.63, 3.8) is 0 Å². The first-order chi connectivity index (χ1) is 11.0. The maximum Gasteiger partial charge on any atom is 0.213 e. The molecule has 0 aliphatic heterocycles. The summed E-state index contributed by atoms with van der Waals surface area (Å²) in [4.78, 5) is 0. The summed E-state index contributed by atoms with van der Waals surface area (Å²) in [6.45, 7) is 6.55. The number of fused-ring (bicyclic) bond motifs is 2. The predicted molar refractivity (Wildman–Crippen MR) is 95.7 cm³/mol. The van der Waals surface area contributed by atoms with Crippen molar-refractivity contribution in [3.8, 4) is 11.3 Å². The predicted octanol–water partition coefficient (Wildman–Crippen LogP) is 4.51. The highest BCUT2D eigenvalue weighted by molar-refractivity contribution is 5.98. The van der Waals surface area contributed by atoms with Crippen LogP contribution in [-0.4, -0.2) is 4.40 Å². The van der Waals surface area contributed by atoms with Crippen molar-refractivity contribution in [3.05, 3.63) is 71.7 Å². The molecule has 0 radical (unpaired) electrons. The van der Waals surface area contributed by atoms with Crippen LogP contribution in [-0.2, 0) is 7.05 Å². The first-order valence-corrected chi connectivity index (χ1v) is 8.02. The third-order valence-corrected chi connectivity index (χ3v) is 4.87. The van der Waals surface area contributed by atoms with E-state index in [2.05, 4.69) is 91.8 Å². The minimum atomic E-state index is 1.23. The topological polar surface area (TPSA) is 8.29 Å². The van der Waals surface area contributed by atoms with E-state index < -0.39 is 0 Å². The maximum absolute atomic E-state index is 2.30. The minimum absolute atomic E-state index is 1.23. The highest BCUT2D eigenvalue weighted by Gasteiger charge is 2.17. The molecule has 3 heterocycles. The maximum atomic E-state index is 2.30. The van der Waals surface area contributed by atoms with E-state index in [1.807, 2.05) is 0 Å². The zero-order valence-corrected chi connectivity index (χ0v) is 14.1. The van der Waals surface area contributed by atoms with Crippen LogP contribution in [0.1, 0.15) is 16.7 Å². The van der Waals surface area contributed by atoms with Crippen LogP contribution in [0.25, 0.3) is 27.5 Å². The summed E-state index contributed by atoms with van der Waals surface area (Å²) in [6, 6.07) is 13.3. The molecule has 0 N–H and O–H groups in total. The van der Waals surface area contributed by atoms with E-state index in [-0.39, 0.29) is 0 Å². The number of rotatable bonds is 1. The molecule has 0 saturated carbocycles. The molecule has 4 aromatic rings. The fraction of sp³-hybridized carbons (Fsp3) is 0.190. The summed E-state index contributed by atoms with van der Waals surface area (Å²) in [6.07, 6.45) is 6.54. The van der Waals surface area contributed by atoms with Crippen molar-refractivity contribution >= 4 is 16.3 Å². The Morgan fingerprint density at radius 1 is 0.913 bits per heavy atom. The van der Waals surface area contributed by atoms with Crippen molar-refractivity contribution in [2.75, 3.05) is 0 Å². The van der Waals surface area contributed by atoms with Gasteiger partial charge in [-0.05, 0) is 60.9 Å². The highest BCUT2D eigenvalue weighted by atomic mass is 14.9. The summed E-state index contributed by atoms with van der Waals surface area (Å²) in [7, 11) is 2.13. The molecule has 114 valence electrons. The molecular formula is C21H21N2+. The van der Waals surface area contributed by atoms with E-state index in [0.717, 1.165) is 0 Å². The summed E-state index contributed by atoms with van der Waals surface area (Å²) >= 11 is 0. The molecule has 0 spiro atoms. The van der Waals surface area contributed by atoms with Crippen LogP contribution >= 0.6 is 0 Å². The highest BCUT2D eigenvalue weighted by Crippen LogP contribution is 2.31. The number of aromatic nitrogens is 2. The largest absolute Gasteiger partial charge is 0.323 e. The van der Waals surface area contributed by atoms with Gasteiger partial charge in [0.15, 0.2) is 6.20 Å². The van der Waals surface area contributed by atoms with E-state index in [0.29, 0.717) is 0 Å². The Balaban J connectivity index is 2.13. The zero-order valence-electron chi connectivity index (χ0n) is 14.1. The van der Waals surface area contributed by atoms with Gasteiger partial charge in [-0.2, -0.15) is 0 Å². The summed E-state index contributed by atoms with van der Waals surface area (Å²) in [5.74, 6) is 0. The van der Waals surface area contributed by atoms with E-state index >= 15 is 0 Å². The summed E-state index contributed by atoms with van der Waals surface area (Å²) in [5, 5.41) is 2.59. The summed E-state index contributed by atoms with van der Waals surface area (Å²) in [5.41, 5.74) is 7.80. The van der Waals surface area contributed by atoms with Crippen LogP contribution in [0, 0.1) is 20.8 Å².